The molecule has 0 aliphatic heterocycles. The Labute approximate surface area is 108 Å². The van der Waals surface area contributed by atoms with Crippen molar-refractivity contribution in [2.24, 2.45) is 0 Å². The third-order valence-electron chi connectivity index (χ3n) is 2.58. The molecular weight excluding hydrogens is 226 g/mol. The molecule has 0 spiro atoms. The Morgan fingerprint density at radius 1 is 1.44 bits per heavy atom. The van der Waals surface area contributed by atoms with Crippen molar-refractivity contribution in [1.29, 1.82) is 0 Å². The standard InChI is InChI=1S/C15H19NO2/c1-11(2)18-14-5-3-4-12(10-14)6-9-15(17)16-13-7-8-13/h3-6,9-11,13H,7-8H2,1-2H3,(H,16,17)/b9-6+. The lowest BCUT2D eigenvalue weighted by molar-refractivity contribution is -0.116. The number of ether oxygens (including phenoxy) is 1. The second-order valence-corrected chi connectivity index (χ2v) is 4.86. The number of rotatable bonds is 5. The summed E-state index contributed by atoms with van der Waals surface area (Å²) in [6.45, 7) is 3.98. The van der Waals surface area contributed by atoms with E-state index in [4.69, 9.17) is 4.74 Å². The number of carbonyl (C=O) groups is 1. The van der Waals surface area contributed by atoms with Crippen LogP contribution < -0.4 is 10.1 Å². The maximum absolute atomic E-state index is 11.5. The van der Waals surface area contributed by atoms with Gasteiger partial charge in [-0.1, -0.05) is 12.1 Å². The van der Waals surface area contributed by atoms with Crippen molar-refractivity contribution >= 4 is 12.0 Å². The minimum atomic E-state index is -0.0207. The molecule has 0 saturated heterocycles. The molecular formula is C15H19NO2. The lowest BCUT2D eigenvalue weighted by Crippen LogP contribution is -2.22. The van der Waals surface area contributed by atoms with E-state index in [0.29, 0.717) is 6.04 Å². The summed E-state index contributed by atoms with van der Waals surface area (Å²) in [6.07, 6.45) is 5.76. The monoisotopic (exact) mass is 245 g/mol. The van der Waals surface area contributed by atoms with Crippen LogP contribution in [0.5, 0.6) is 5.75 Å². The summed E-state index contributed by atoms with van der Waals surface area (Å²) < 4.78 is 5.60. The molecule has 1 amide bonds. The average molecular weight is 245 g/mol. The fourth-order valence-electron chi connectivity index (χ4n) is 1.61. The average Bonchev–Trinajstić information content (AvgIpc) is 3.10. The Hall–Kier alpha value is -1.77. The molecule has 2 rings (SSSR count). The minimum Gasteiger partial charge on any atom is -0.491 e. The Morgan fingerprint density at radius 2 is 2.22 bits per heavy atom. The highest BCUT2D eigenvalue weighted by atomic mass is 16.5. The number of nitrogens with one attached hydrogen (secondary N) is 1. The van der Waals surface area contributed by atoms with Gasteiger partial charge in [0.15, 0.2) is 0 Å². The highest BCUT2D eigenvalue weighted by Crippen LogP contribution is 2.19. The van der Waals surface area contributed by atoms with E-state index in [-0.39, 0.29) is 12.0 Å². The van der Waals surface area contributed by atoms with Gasteiger partial charge in [-0.2, -0.15) is 0 Å². The zero-order chi connectivity index (χ0) is 13.0. The van der Waals surface area contributed by atoms with Crippen molar-refractivity contribution in [1.82, 2.24) is 5.32 Å². The molecule has 3 heteroatoms. The zero-order valence-corrected chi connectivity index (χ0v) is 10.8. The maximum Gasteiger partial charge on any atom is 0.244 e. The predicted molar refractivity (Wildman–Crippen MR) is 72.4 cm³/mol. The molecule has 18 heavy (non-hydrogen) atoms. The number of amides is 1. The molecule has 0 radical (unpaired) electrons. The summed E-state index contributed by atoms with van der Waals surface area (Å²) in [5.74, 6) is 0.808. The van der Waals surface area contributed by atoms with E-state index < -0.39 is 0 Å². The van der Waals surface area contributed by atoms with Gasteiger partial charge in [-0.05, 0) is 50.5 Å². The Bertz CT molecular complexity index is 448. The van der Waals surface area contributed by atoms with Gasteiger partial charge in [0.2, 0.25) is 5.91 Å². The smallest absolute Gasteiger partial charge is 0.244 e. The van der Waals surface area contributed by atoms with Crippen LogP contribution in [0.2, 0.25) is 0 Å². The van der Waals surface area contributed by atoms with Crippen molar-refractivity contribution in [3.8, 4) is 5.75 Å². The maximum atomic E-state index is 11.5. The van der Waals surface area contributed by atoms with Crippen molar-refractivity contribution < 1.29 is 9.53 Å². The predicted octanol–water partition coefficient (Wildman–Crippen LogP) is 2.77. The first kappa shape index (κ1) is 12.7. The molecule has 96 valence electrons. The highest BCUT2D eigenvalue weighted by molar-refractivity contribution is 5.92. The number of benzene rings is 1. The van der Waals surface area contributed by atoms with Crippen molar-refractivity contribution in [3.63, 3.8) is 0 Å². The first-order valence-corrected chi connectivity index (χ1v) is 6.39. The summed E-state index contributed by atoms with van der Waals surface area (Å²) >= 11 is 0. The van der Waals surface area contributed by atoms with Gasteiger partial charge in [0.25, 0.3) is 0 Å². The van der Waals surface area contributed by atoms with E-state index in [1.165, 1.54) is 0 Å². The van der Waals surface area contributed by atoms with E-state index in [1.807, 2.05) is 44.2 Å². The molecule has 1 aromatic carbocycles. The van der Waals surface area contributed by atoms with Gasteiger partial charge >= 0.3 is 0 Å². The molecule has 0 heterocycles. The van der Waals surface area contributed by atoms with Gasteiger partial charge in [-0.3, -0.25) is 4.79 Å². The van der Waals surface area contributed by atoms with Crippen LogP contribution in [0.3, 0.4) is 0 Å². The van der Waals surface area contributed by atoms with E-state index in [1.54, 1.807) is 6.08 Å². The van der Waals surface area contributed by atoms with Crippen LogP contribution in [-0.4, -0.2) is 18.1 Å². The number of hydrogen-bond donors (Lipinski definition) is 1. The fraction of sp³-hybridized carbons (Fsp3) is 0.400. The summed E-state index contributed by atoms with van der Waals surface area (Å²) in [4.78, 5) is 11.5. The molecule has 3 nitrogen and oxygen atoms in total. The van der Waals surface area contributed by atoms with E-state index in [9.17, 15) is 4.79 Å². The third-order valence-corrected chi connectivity index (χ3v) is 2.58. The van der Waals surface area contributed by atoms with Gasteiger partial charge in [-0.15, -0.1) is 0 Å². The van der Waals surface area contributed by atoms with E-state index in [2.05, 4.69) is 5.32 Å². The van der Waals surface area contributed by atoms with Crippen LogP contribution >= 0.6 is 0 Å². The Kier molecular flexibility index (Phi) is 4.03. The number of hydrogen-bond acceptors (Lipinski definition) is 2. The lowest BCUT2D eigenvalue weighted by Gasteiger charge is -2.09. The molecule has 1 saturated carbocycles. The summed E-state index contributed by atoms with van der Waals surface area (Å²) in [5.41, 5.74) is 0.971. The second-order valence-electron chi connectivity index (χ2n) is 4.86. The fourth-order valence-corrected chi connectivity index (χ4v) is 1.61. The van der Waals surface area contributed by atoms with Gasteiger partial charge < -0.3 is 10.1 Å². The van der Waals surface area contributed by atoms with E-state index in [0.717, 1.165) is 24.2 Å². The lowest BCUT2D eigenvalue weighted by atomic mass is 10.2. The quantitative estimate of drug-likeness (QED) is 0.810. The largest absolute Gasteiger partial charge is 0.491 e. The van der Waals surface area contributed by atoms with Crippen molar-refractivity contribution in [2.45, 2.75) is 38.8 Å². The first-order chi connectivity index (χ1) is 8.63. The van der Waals surface area contributed by atoms with Crippen LogP contribution in [0.4, 0.5) is 0 Å². The Balaban J connectivity index is 1.94. The molecule has 1 N–H and O–H groups in total. The zero-order valence-electron chi connectivity index (χ0n) is 10.8. The normalized spacial score (nSPS) is 15.1. The van der Waals surface area contributed by atoms with E-state index >= 15 is 0 Å². The van der Waals surface area contributed by atoms with Crippen LogP contribution in [-0.2, 0) is 4.79 Å². The summed E-state index contributed by atoms with van der Waals surface area (Å²) in [7, 11) is 0. The Morgan fingerprint density at radius 3 is 2.89 bits per heavy atom. The molecule has 1 fully saturated rings. The number of carbonyl (C=O) groups excluding carboxylic acids is 1. The van der Waals surface area contributed by atoms with Crippen LogP contribution in [0, 0.1) is 0 Å². The third kappa shape index (κ3) is 4.24. The molecule has 0 bridgehead atoms. The van der Waals surface area contributed by atoms with Crippen molar-refractivity contribution in [3.05, 3.63) is 35.9 Å². The van der Waals surface area contributed by atoms with Gasteiger partial charge in [0.1, 0.15) is 5.75 Å². The SMILES string of the molecule is CC(C)Oc1cccc(/C=C/C(=O)NC2CC2)c1. The van der Waals surface area contributed by atoms with Crippen LogP contribution in [0.1, 0.15) is 32.3 Å². The minimum absolute atomic E-state index is 0.0207. The van der Waals surface area contributed by atoms with Gasteiger partial charge in [0.05, 0.1) is 6.10 Å². The molecule has 0 atom stereocenters. The topological polar surface area (TPSA) is 38.3 Å². The second kappa shape index (κ2) is 5.71. The highest BCUT2D eigenvalue weighted by Gasteiger charge is 2.21. The van der Waals surface area contributed by atoms with Crippen LogP contribution in [0.25, 0.3) is 6.08 Å². The molecule has 1 aliphatic rings. The molecule has 0 aromatic heterocycles. The summed E-state index contributed by atoms with van der Waals surface area (Å²) in [5, 5.41) is 2.91. The summed E-state index contributed by atoms with van der Waals surface area (Å²) in [6, 6.07) is 8.13. The van der Waals surface area contributed by atoms with Crippen LogP contribution in [0.15, 0.2) is 30.3 Å². The molecule has 1 aliphatic carbocycles. The molecule has 0 unspecified atom stereocenters. The first-order valence-electron chi connectivity index (χ1n) is 6.39. The van der Waals surface area contributed by atoms with Crippen molar-refractivity contribution in [2.75, 3.05) is 0 Å². The van der Waals surface area contributed by atoms with Gasteiger partial charge in [-0.25, -0.2) is 0 Å². The molecule has 1 aromatic rings. The van der Waals surface area contributed by atoms with Gasteiger partial charge in [0, 0.05) is 12.1 Å².